The number of rotatable bonds is 4. The van der Waals surface area contributed by atoms with Gasteiger partial charge in [-0.25, -0.2) is 8.42 Å². The molecule has 5 nitrogen and oxygen atoms in total. The van der Waals surface area contributed by atoms with Crippen molar-refractivity contribution in [2.45, 2.75) is 4.21 Å². The highest BCUT2D eigenvalue weighted by Gasteiger charge is 2.23. The normalized spacial score (nSPS) is 11.7. The maximum atomic E-state index is 11.8. The van der Waals surface area contributed by atoms with Crippen LogP contribution in [0.5, 0.6) is 0 Å². The highest BCUT2D eigenvalue weighted by Crippen LogP contribution is 2.19. The Labute approximate surface area is 92.3 Å². The Morgan fingerprint density at radius 3 is 2.73 bits per heavy atom. The second-order valence-electron chi connectivity index (χ2n) is 2.77. The molecule has 0 radical (unpaired) electrons. The summed E-state index contributed by atoms with van der Waals surface area (Å²) in [6, 6.07) is 3.14. The van der Waals surface area contributed by atoms with E-state index < -0.39 is 16.0 Å². The molecular weight excluding hydrogens is 238 g/mol. The van der Waals surface area contributed by atoms with Gasteiger partial charge in [0, 0.05) is 7.05 Å². The van der Waals surface area contributed by atoms with E-state index in [4.69, 9.17) is 0 Å². The van der Waals surface area contributed by atoms with Crippen LogP contribution in [-0.2, 0) is 19.6 Å². The average Bonchev–Trinajstić information content (AvgIpc) is 2.70. The van der Waals surface area contributed by atoms with Crippen molar-refractivity contribution >= 4 is 27.3 Å². The van der Waals surface area contributed by atoms with E-state index in [2.05, 4.69) is 4.74 Å². The zero-order chi connectivity index (χ0) is 11.5. The molecule has 1 aromatic heterocycles. The minimum absolute atomic E-state index is 0.217. The molecule has 0 saturated carbocycles. The lowest BCUT2D eigenvalue weighted by Gasteiger charge is -2.13. The molecule has 0 aliphatic carbocycles. The van der Waals surface area contributed by atoms with Crippen molar-refractivity contribution in [2.24, 2.45) is 0 Å². The Bertz CT molecular complexity index is 424. The van der Waals surface area contributed by atoms with Crippen LogP contribution < -0.4 is 0 Å². The molecule has 0 spiro atoms. The van der Waals surface area contributed by atoms with E-state index in [0.717, 1.165) is 15.6 Å². The fraction of sp³-hybridized carbons (Fsp3) is 0.375. The maximum Gasteiger partial charge on any atom is 0.321 e. The number of methoxy groups -OCH3 is 1. The topological polar surface area (TPSA) is 63.7 Å². The highest BCUT2D eigenvalue weighted by atomic mass is 32.2. The molecule has 0 fully saturated rings. The van der Waals surface area contributed by atoms with Crippen molar-refractivity contribution in [1.82, 2.24) is 4.31 Å². The minimum Gasteiger partial charge on any atom is -0.468 e. The van der Waals surface area contributed by atoms with E-state index in [9.17, 15) is 13.2 Å². The number of thiophene rings is 1. The van der Waals surface area contributed by atoms with E-state index >= 15 is 0 Å². The average molecular weight is 249 g/mol. The largest absolute Gasteiger partial charge is 0.468 e. The third-order valence-corrected chi connectivity index (χ3v) is 4.92. The van der Waals surface area contributed by atoms with E-state index in [1.807, 2.05) is 0 Å². The van der Waals surface area contributed by atoms with E-state index in [-0.39, 0.29) is 10.8 Å². The van der Waals surface area contributed by atoms with Crippen LogP contribution in [0.4, 0.5) is 0 Å². The second kappa shape index (κ2) is 4.73. The van der Waals surface area contributed by atoms with Gasteiger partial charge in [-0.3, -0.25) is 4.79 Å². The number of nitrogens with zero attached hydrogens (tertiary/aromatic N) is 1. The molecule has 0 unspecified atom stereocenters. The summed E-state index contributed by atoms with van der Waals surface area (Å²) >= 11 is 1.11. The molecule has 1 aromatic rings. The number of esters is 1. The minimum atomic E-state index is -3.55. The fourth-order valence-electron chi connectivity index (χ4n) is 0.895. The molecule has 0 aromatic carbocycles. The van der Waals surface area contributed by atoms with Gasteiger partial charge >= 0.3 is 5.97 Å². The van der Waals surface area contributed by atoms with Crippen LogP contribution in [0.1, 0.15) is 0 Å². The lowest BCUT2D eigenvalue weighted by molar-refractivity contribution is -0.140. The van der Waals surface area contributed by atoms with Gasteiger partial charge in [0.1, 0.15) is 10.8 Å². The maximum absolute atomic E-state index is 11.8. The number of ether oxygens (including phenoxy) is 1. The molecule has 0 N–H and O–H groups in total. The van der Waals surface area contributed by atoms with Gasteiger partial charge in [0.25, 0.3) is 10.0 Å². The zero-order valence-electron chi connectivity index (χ0n) is 8.34. The lowest BCUT2D eigenvalue weighted by atomic mass is 10.7. The number of hydrogen-bond donors (Lipinski definition) is 0. The van der Waals surface area contributed by atoms with Crippen LogP contribution in [0.25, 0.3) is 0 Å². The molecule has 1 rings (SSSR count). The summed E-state index contributed by atoms with van der Waals surface area (Å²) < 4.78 is 29.1. The molecule has 0 amide bonds. The quantitative estimate of drug-likeness (QED) is 0.731. The molecule has 0 aliphatic rings. The van der Waals surface area contributed by atoms with Crippen LogP contribution in [0.2, 0.25) is 0 Å². The van der Waals surface area contributed by atoms with Crippen LogP contribution in [-0.4, -0.2) is 39.4 Å². The zero-order valence-corrected chi connectivity index (χ0v) is 9.97. The predicted octanol–water partition coefficient (Wildman–Crippen LogP) is 0.542. The van der Waals surface area contributed by atoms with Gasteiger partial charge in [-0.2, -0.15) is 4.31 Å². The van der Waals surface area contributed by atoms with Gasteiger partial charge in [0.15, 0.2) is 0 Å². The standard InChI is InChI=1S/C8H11NO4S2/c1-9(6-7(10)13-2)15(11,12)8-4-3-5-14-8/h3-5H,6H2,1-2H3. The van der Waals surface area contributed by atoms with Gasteiger partial charge in [0.05, 0.1) is 7.11 Å². The number of carbonyl (C=O) groups is 1. The summed E-state index contributed by atoms with van der Waals surface area (Å²) in [5, 5.41) is 1.67. The Kier molecular flexibility index (Phi) is 3.83. The van der Waals surface area contributed by atoms with Gasteiger partial charge in [-0.05, 0) is 11.4 Å². The Hall–Kier alpha value is -0.920. The number of likely N-dealkylation sites (N-methyl/N-ethyl adjacent to an activating group) is 1. The van der Waals surface area contributed by atoms with Crippen LogP contribution in [0.15, 0.2) is 21.7 Å². The fourth-order valence-corrected chi connectivity index (χ4v) is 3.21. The first-order valence-electron chi connectivity index (χ1n) is 4.05. The van der Waals surface area contributed by atoms with E-state index in [1.165, 1.54) is 20.2 Å². The first-order chi connectivity index (χ1) is 6.98. The summed E-state index contributed by atoms with van der Waals surface area (Å²) in [7, 11) is -0.994. The van der Waals surface area contributed by atoms with Crippen molar-refractivity contribution in [2.75, 3.05) is 20.7 Å². The van der Waals surface area contributed by atoms with Crippen LogP contribution >= 0.6 is 11.3 Å². The summed E-state index contributed by atoms with van der Waals surface area (Å²) in [4.78, 5) is 10.9. The third-order valence-electron chi connectivity index (χ3n) is 1.74. The Morgan fingerprint density at radius 2 is 2.27 bits per heavy atom. The van der Waals surface area contributed by atoms with Crippen molar-refractivity contribution in [3.8, 4) is 0 Å². The van der Waals surface area contributed by atoms with Crippen molar-refractivity contribution in [1.29, 1.82) is 0 Å². The number of sulfonamides is 1. The summed E-state index contributed by atoms with van der Waals surface area (Å²) in [5.74, 6) is -0.586. The first kappa shape index (κ1) is 12.2. The summed E-state index contributed by atoms with van der Waals surface area (Å²) in [5.41, 5.74) is 0. The summed E-state index contributed by atoms with van der Waals surface area (Å²) in [6.07, 6.45) is 0. The molecule has 7 heteroatoms. The number of carbonyl (C=O) groups excluding carboxylic acids is 1. The molecule has 0 saturated heterocycles. The smallest absolute Gasteiger partial charge is 0.321 e. The highest BCUT2D eigenvalue weighted by molar-refractivity contribution is 7.91. The Balaban J connectivity index is 2.84. The van der Waals surface area contributed by atoms with Gasteiger partial charge in [-0.15, -0.1) is 11.3 Å². The molecule has 1 heterocycles. The van der Waals surface area contributed by atoms with Crippen molar-refractivity contribution in [3.63, 3.8) is 0 Å². The van der Waals surface area contributed by atoms with Crippen LogP contribution in [0, 0.1) is 0 Å². The van der Waals surface area contributed by atoms with Crippen LogP contribution in [0.3, 0.4) is 0 Å². The van der Waals surface area contributed by atoms with Crippen molar-refractivity contribution < 1.29 is 17.9 Å². The Morgan fingerprint density at radius 1 is 1.60 bits per heavy atom. The SMILES string of the molecule is COC(=O)CN(C)S(=O)(=O)c1cccs1. The molecule has 84 valence electrons. The molecular formula is C8H11NO4S2. The molecule has 0 bridgehead atoms. The molecule has 0 atom stereocenters. The molecule has 15 heavy (non-hydrogen) atoms. The number of hydrogen-bond acceptors (Lipinski definition) is 5. The van der Waals surface area contributed by atoms with Gasteiger partial charge < -0.3 is 4.74 Å². The van der Waals surface area contributed by atoms with Crippen molar-refractivity contribution in [3.05, 3.63) is 17.5 Å². The third kappa shape index (κ3) is 2.77. The summed E-state index contributed by atoms with van der Waals surface area (Å²) in [6.45, 7) is -0.281. The first-order valence-corrected chi connectivity index (χ1v) is 6.37. The van der Waals surface area contributed by atoms with E-state index in [1.54, 1.807) is 11.4 Å². The second-order valence-corrected chi connectivity index (χ2v) is 5.99. The van der Waals surface area contributed by atoms with Gasteiger partial charge in [-0.1, -0.05) is 6.07 Å². The monoisotopic (exact) mass is 249 g/mol. The predicted molar refractivity (Wildman–Crippen MR) is 56.2 cm³/mol. The van der Waals surface area contributed by atoms with Gasteiger partial charge in [0.2, 0.25) is 0 Å². The molecule has 0 aliphatic heterocycles. The lowest BCUT2D eigenvalue weighted by Crippen LogP contribution is -2.32. The van der Waals surface area contributed by atoms with E-state index in [0.29, 0.717) is 0 Å².